The van der Waals surface area contributed by atoms with Crippen molar-refractivity contribution >= 4 is 28.9 Å². The molecule has 0 bridgehead atoms. The van der Waals surface area contributed by atoms with Crippen molar-refractivity contribution in [2.24, 2.45) is 5.41 Å². The van der Waals surface area contributed by atoms with Gasteiger partial charge in [-0.15, -0.1) is 23.2 Å². The van der Waals surface area contributed by atoms with Crippen molar-refractivity contribution in [3.8, 4) is 0 Å². The third kappa shape index (κ3) is 3.17. The molecule has 1 aromatic rings. The second kappa shape index (κ2) is 6.05. The van der Waals surface area contributed by atoms with Crippen molar-refractivity contribution in [1.29, 1.82) is 0 Å². The molecule has 0 aliphatic carbocycles. The zero-order chi connectivity index (χ0) is 13.9. The number of alkyl halides is 2. The summed E-state index contributed by atoms with van der Waals surface area (Å²) in [5.41, 5.74) is 0.416. The van der Waals surface area contributed by atoms with Crippen LogP contribution in [0.3, 0.4) is 0 Å². The highest BCUT2D eigenvalue weighted by molar-refractivity contribution is 6.21. The fourth-order valence-electron chi connectivity index (χ4n) is 1.73. The molecule has 0 spiro atoms. The zero-order valence-electron chi connectivity index (χ0n) is 10.1. The van der Waals surface area contributed by atoms with E-state index in [-0.39, 0.29) is 11.1 Å². The summed E-state index contributed by atoms with van der Waals surface area (Å²) in [6.45, 7) is 0.809. The van der Waals surface area contributed by atoms with E-state index >= 15 is 0 Å². The van der Waals surface area contributed by atoms with E-state index in [0.717, 1.165) is 5.56 Å². The number of non-ortho nitro benzene ring substituents is 1. The van der Waals surface area contributed by atoms with Crippen molar-refractivity contribution < 1.29 is 14.4 Å². The third-order valence-electron chi connectivity index (χ3n) is 3.02. The third-order valence-corrected chi connectivity index (χ3v) is 4.16. The van der Waals surface area contributed by atoms with Crippen LogP contribution in [0.1, 0.15) is 11.9 Å². The van der Waals surface area contributed by atoms with Gasteiger partial charge in [0.25, 0.3) is 5.69 Å². The zero-order valence-corrected chi connectivity index (χ0v) is 11.6. The van der Waals surface area contributed by atoms with E-state index in [1.165, 1.54) is 12.1 Å². The minimum atomic E-state index is -0.527. The highest BCUT2D eigenvalue weighted by Crippen LogP contribution is 2.34. The Morgan fingerprint density at radius 2 is 1.74 bits per heavy atom. The number of rotatable bonds is 4. The first-order valence-electron chi connectivity index (χ1n) is 5.70. The quantitative estimate of drug-likeness (QED) is 0.487. The Bertz CT molecular complexity index is 438. The van der Waals surface area contributed by atoms with Crippen LogP contribution in [0.4, 0.5) is 5.69 Å². The molecule has 0 amide bonds. The highest BCUT2D eigenvalue weighted by Gasteiger charge is 2.36. The van der Waals surface area contributed by atoms with Crippen molar-refractivity contribution in [3.05, 3.63) is 39.9 Å². The van der Waals surface area contributed by atoms with Gasteiger partial charge in [0.1, 0.15) is 0 Å². The summed E-state index contributed by atoms with van der Waals surface area (Å²) >= 11 is 11.7. The molecule has 2 rings (SSSR count). The molecule has 0 saturated carbocycles. The van der Waals surface area contributed by atoms with E-state index in [1.54, 1.807) is 12.1 Å². The lowest BCUT2D eigenvalue weighted by Gasteiger charge is -2.37. The number of nitro groups is 1. The molecule has 0 radical (unpaired) electrons. The minimum absolute atomic E-state index is 0.0374. The summed E-state index contributed by atoms with van der Waals surface area (Å²) in [5, 5.41) is 10.6. The van der Waals surface area contributed by atoms with Crippen LogP contribution >= 0.6 is 23.2 Å². The van der Waals surface area contributed by atoms with E-state index in [0.29, 0.717) is 25.0 Å². The number of nitrogens with zero attached hydrogens (tertiary/aromatic N) is 1. The van der Waals surface area contributed by atoms with Crippen LogP contribution in [0.2, 0.25) is 0 Å². The van der Waals surface area contributed by atoms with Crippen molar-refractivity contribution in [3.63, 3.8) is 0 Å². The van der Waals surface area contributed by atoms with Gasteiger partial charge in [0.2, 0.25) is 0 Å². The summed E-state index contributed by atoms with van der Waals surface area (Å²) in [7, 11) is 0. The first-order valence-corrected chi connectivity index (χ1v) is 6.77. The first-order chi connectivity index (χ1) is 9.10. The molecule has 19 heavy (non-hydrogen) atoms. The molecule has 7 heteroatoms. The monoisotopic (exact) mass is 305 g/mol. The minimum Gasteiger partial charge on any atom is -0.348 e. The number of halogens is 2. The second-order valence-corrected chi connectivity index (χ2v) is 5.10. The lowest BCUT2D eigenvalue weighted by atomic mass is 9.94. The van der Waals surface area contributed by atoms with E-state index < -0.39 is 11.2 Å². The van der Waals surface area contributed by atoms with Crippen molar-refractivity contribution in [1.82, 2.24) is 0 Å². The van der Waals surface area contributed by atoms with Crippen LogP contribution in [-0.4, -0.2) is 29.9 Å². The average Bonchev–Trinajstić information content (AvgIpc) is 2.47. The number of hydrogen-bond acceptors (Lipinski definition) is 4. The molecule has 1 aliphatic rings. The molecule has 1 heterocycles. The van der Waals surface area contributed by atoms with Crippen LogP contribution in [0.25, 0.3) is 0 Å². The normalized spacial score (nSPS) is 19.3. The van der Waals surface area contributed by atoms with Crippen LogP contribution in [0.5, 0.6) is 0 Å². The van der Waals surface area contributed by atoms with Gasteiger partial charge >= 0.3 is 0 Å². The molecule has 0 atom stereocenters. The van der Waals surface area contributed by atoms with Crippen molar-refractivity contribution in [2.45, 2.75) is 6.29 Å². The van der Waals surface area contributed by atoms with Gasteiger partial charge in [-0.3, -0.25) is 10.1 Å². The molecule has 5 nitrogen and oxygen atoms in total. The number of benzene rings is 1. The predicted octanol–water partition coefficient (Wildman–Crippen LogP) is 3.10. The molecular formula is C12H13Cl2NO4. The standard InChI is InChI=1S/C12H13Cl2NO4/c13-5-12(6-14)7-18-11(19-8-12)9-1-3-10(4-2-9)15(16)17/h1-4,11H,5-8H2. The Morgan fingerprint density at radius 1 is 1.21 bits per heavy atom. The molecule has 0 N–H and O–H groups in total. The molecule has 1 fully saturated rings. The number of ether oxygens (including phenoxy) is 2. The van der Waals surface area contributed by atoms with Gasteiger partial charge < -0.3 is 9.47 Å². The van der Waals surface area contributed by atoms with E-state index in [4.69, 9.17) is 32.7 Å². The second-order valence-electron chi connectivity index (χ2n) is 4.57. The Kier molecular flexibility index (Phi) is 4.62. The van der Waals surface area contributed by atoms with Crippen LogP contribution in [0.15, 0.2) is 24.3 Å². The smallest absolute Gasteiger partial charge is 0.269 e. The van der Waals surface area contributed by atoms with Crippen molar-refractivity contribution in [2.75, 3.05) is 25.0 Å². The molecule has 104 valence electrons. The number of hydrogen-bond donors (Lipinski definition) is 0. The van der Waals surface area contributed by atoms with Gasteiger partial charge in [-0.25, -0.2) is 0 Å². The maximum atomic E-state index is 10.6. The van der Waals surface area contributed by atoms with Crippen LogP contribution < -0.4 is 0 Å². The van der Waals surface area contributed by atoms with Crippen LogP contribution in [-0.2, 0) is 9.47 Å². The molecule has 1 saturated heterocycles. The average molecular weight is 306 g/mol. The topological polar surface area (TPSA) is 61.6 Å². The van der Waals surface area contributed by atoms with E-state index in [9.17, 15) is 10.1 Å². The van der Waals surface area contributed by atoms with Gasteiger partial charge in [-0.05, 0) is 12.1 Å². The summed E-state index contributed by atoms with van der Waals surface area (Å²) in [6, 6.07) is 6.09. The van der Waals surface area contributed by atoms with Gasteiger partial charge in [-0.2, -0.15) is 0 Å². The Labute approximate surface area is 120 Å². The fourth-order valence-corrected chi connectivity index (χ4v) is 2.32. The first kappa shape index (κ1) is 14.5. The number of nitro benzene ring substituents is 1. The van der Waals surface area contributed by atoms with Gasteiger partial charge in [0.15, 0.2) is 6.29 Å². The molecule has 0 unspecified atom stereocenters. The SMILES string of the molecule is O=[N+]([O-])c1ccc(C2OCC(CCl)(CCl)CO2)cc1. The van der Waals surface area contributed by atoms with Crippen LogP contribution in [0, 0.1) is 15.5 Å². The van der Waals surface area contributed by atoms with Gasteiger partial charge in [0.05, 0.1) is 18.1 Å². The lowest BCUT2D eigenvalue weighted by Crippen LogP contribution is -2.41. The Balaban J connectivity index is 2.03. The molecular weight excluding hydrogens is 293 g/mol. The fraction of sp³-hybridized carbons (Fsp3) is 0.500. The maximum absolute atomic E-state index is 10.6. The molecule has 1 aliphatic heterocycles. The summed E-state index contributed by atoms with van der Waals surface area (Å²) in [5.74, 6) is 0.729. The Morgan fingerprint density at radius 3 is 2.16 bits per heavy atom. The summed E-state index contributed by atoms with van der Waals surface area (Å²) < 4.78 is 11.2. The van der Waals surface area contributed by atoms with E-state index in [2.05, 4.69) is 0 Å². The maximum Gasteiger partial charge on any atom is 0.269 e. The summed E-state index contributed by atoms with van der Waals surface area (Å²) in [6.07, 6.45) is -0.527. The molecule has 1 aromatic carbocycles. The molecule has 0 aromatic heterocycles. The van der Waals surface area contributed by atoms with Gasteiger partial charge in [-0.1, -0.05) is 0 Å². The van der Waals surface area contributed by atoms with Gasteiger partial charge in [0, 0.05) is 34.9 Å². The Hall–Kier alpha value is -0.880. The predicted molar refractivity (Wildman–Crippen MR) is 71.6 cm³/mol. The summed E-state index contributed by atoms with van der Waals surface area (Å²) in [4.78, 5) is 10.1. The largest absolute Gasteiger partial charge is 0.348 e. The van der Waals surface area contributed by atoms with E-state index in [1.807, 2.05) is 0 Å². The highest BCUT2D eigenvalue weighted by atomic mass is 35.5. The lowest BCUT2D eigenvalue weighted by molar-refractivity contribution is -0.384.